The fourth-order valence-electron chi connectivity index (χ4n) is 2.96. The van der Waals surface area contributed by atoms with Gasteiger partial charge in [0.25, 0.3) is 0 Å². The van der Waals surface area contributed by atoms with Gasteiger partial charge < -0.3 is 15.0 Å². The monoisotopic (exact) mass is 451 g/mol. The van der Waals surface area contributed by atoms with Crippen LogP contribution in [0.3, 0.4) is 0 Å². The van der Waals surface area contributed by atoms with Gasteiger partial charge in [-0.3, -0.25) is 13.9 Å². The molecule has 2 amide bonds. The van der Waals surface area contributed by atoms with E-state index < -0.39 is 40.2 Å². The maximum absolute atomic E-state index is 13.2. The number of hydrogen-bond acceptors (Lipinski definition) is 5. The molecule has 0 radical (unpaired) electrons. The summed E-state index contributed by atoms with van der Waals surface area (Å²) in [4.78, 5) is 26.7. The van der Waals surface area contributed by atoms with E-state index in [0.717, 1.165) is 10.6 Å². The van der Waals surface area contributed by atoms with E-state index in [1.807, 2.05) is 0 Å². The number of carbonyl (C=O) groups excluding carboxylic acids is 2. The van der Waals surface area contributed by atoms with Crippen LogP contribution < -0.4 is 14.4 Å². The Balaban J connectivity index is 2.38. The first kappa shape index (κ1) is 24.1. The number of benzene rings is 2. The van der Waals surface area contributed by atoms with E-state index >= 15 is 0 Å². The van der Waals surface area contributed by atoms with E-state index in [2.05, 4.69) is 5.32 Å². The number of amides is 2. The third kappa shape index (κ3) is 6.42. The van der Waals surface area contributed by atoms with Crippen molar-refractivity contribution in [3.05, 3.63) is 59.9 Å². The van der Waals surface area contributed by atoms with Crippen molar-refractivity contribution < 1.29 is 27.1 Å². The number of sulfonamides is 1. The van der Waals surface area contributed by atoms with Gasteiger partial charge in [0.15, 0.2) is 0 Å². The van der Waals surface area contributed by atoms with Crippen LogP contribution in [-0.4, -0.2) is 58.1 Å². The summed E-state index contributed by atoms with van der Waals surface area (Å²) in [5, 5.41) is 2.48. The molecule has 0 spiro atoms. The maximum Gasteiger partial charge on any atom is 0.244 e. The van der Waals surface area contributed by atoms with Crippen LogP contribution in [0.15, 0.2) is 48.5 Å². The quantitative estimate of drug-likeness (QED) is 0.627. The van der Waals surface area contributed by atoms with Gasteiger partial charge in [0.2, 0.25) is 21.8 Å². The zero-order chi connectivity index (χ0) is 23.2. The highest BCUT2D eigenvalue weighted by Crippen LogP contribution is 2.23. The van der Waals surface area contributed by atoms with Gasteiger partial charge >= 0.3 is 0 Å². The molecule has 0 aliphatic rings. The first-order valence-electron chi connectivity index (χ1n) is 9.44. The Labute approximate surface area is 181 Å². The Morgan fingerprint density at radius 1 is 1.16 bits per heavy atom. The lowest BCUT2D eigenvalue weighted by atomic mass is 10.1. The van der Waals surface area contributed by atoms with Crippen molar-refractivity contribution >= 4 is 27.5 Å². The highest BCUT2D eigenvalue weighted by atomic mass is 32.2. The smallest absolute Gasteiger partial charge is 0.244 e. The van der Waals surface area contributed by atoms with E-state index in [-0.39, 0.29) is 12.2 Å². The molecule has 1 atom stereocenters. The van der Waals surface area contributed by atoms with Crippen LogP contribution in [0.4, 0.5) is 10.1 Å². The number of anilines is 1. The Morgan fingerprint density at radius 2 is 1.81 bits per heavy atom. The average Bonchev–Trinajstić information content (AvgIpc) is 2.75. The van der Waals surface area contributed by atoms with E-state index in [1.54, 1.807) is 18.2 Å². The van der Waals surface area contributed by atoms with E-state index in [1.165, 1.54) is 56.3 Å². The molecule has 2 aromatic carbocycles. The summed E-state index contributed by atoms with van der Waals surface area (Å²) >= 11 is 0. The SMILES string of the molecule is CNC(=O)[C@@H](C)N(Cc1ccc(F)cc1)C(=O)CN(c1cccc(OC)c1)S(C)(=O)=O. The van der Waals surface area contributed by atoms with Crippen molar-refractivity contribution in [1.29, 1.82) is 0 Å². The van der Waals surface area contributed by atoms with Gasteiger partial charge in [0, 0.05) is 19.7 Å². The number of methoxy groups -OCH3 is 1. The summed E-state index contributed by atoms with van der Waals surface area (Å²) < 4.78 is 44.2. The molecule has 1 N–H and O–H groups in total. The molecule has 0 unspecified atom stereocenters. The predicted octanol–water partition coefficient (Wildman–Crippen LogP) is 1.76. The fourth-order valence-corrected chi connectivity index (χ4v) is 3.80. The van der Waals surface area contributed by atoms with Gasteiger partial charge in [-0.2, -0.15) is 0 Å². The summed E-state index contributed by atoms with van der Waals surface area (Å²) in [5.41, 5.74) is 0.849. The summed E-state index contributed by atoms with van der Waals surface area (Å²) in [7, 11) is -0.930. The van der Waals surface area contributed by atoms with Gasteiger partial charge in [0.1, 0.15) is 24.2 Å². The summed E-state index contributed by atoms with van der Waals surface area (Å²) in [5.74, 6) is -1.00. The summed E-state index contributed by atoms with van der Waals surface area (Å²) in [6, 6.07) is 10.9. The second-order valence-electron chi connectivity index (χ2n) is 6.91. The van der Waals surface area contributed by atoms with Crippen LogP contribution in [0.5, 0.6) is 5.75 Å². The van der Waals surface area contributed by atoms with Gasteiger partial charge in [-0.25, -0.2) is 12.8 Å². The van der Waals surface area contributed by atoms with Crippen LogP contribution in [0, 0.1) is 5.82 Å². The van der Waals surface area contributed by atoms with Crippen LogP contribution in [0.25, 0.3) is 0 Å². The van der Waals surface area contributed by atoms with E-state index in [0.29, 0.717) is 11.3 Å². The Hall–Kier alpha value is -3.14. The molecule has 8 nitrogen and oxygen atoms in total. The first-order chi connectivity index (χ1) is 14.6. The zero-order valence-electron chi connectivity index (χ0n) is 17.8. The van der Waals surface area contributed by atoms with Crippen molar-refractivity contribution in [2.24, 2.45) is 0 Å². The molecule has 0 aliphatic heterocycles. The van der Waals surface area contributed by atoms with Crippen LogP contribution in [0.1, 0.15) is 12.5 Å². The van der Waals surface area contributed by atoms with Gasteiger partial charge in [-0.1, -0.05) is 18.2 Å². The molecule has 0 aliphatic carbocycles. The van der Waals surface area contributed by atoms with Crippen molar-refractivity contribution in [3.8, 4) is 5.75 Å². The lowest BCUT2D eigenvalue weighted by Gasteiger charge is -2.31. The molecule has 0 saturated heterocycles. The number of nitrogens with one attached hydrogen (secondary N) is 1. The van der Waals surface area contributed by atoms with Crippen molar-refractivity contribution in [2.45, 2.75) is 19.5 Å². The van der Waals surface area contributed by atoms with Crippen LogP contribution in [-0.2, 0) is 26.2 Å². The third-order valence-corrected chi connectivity index (χ3v) is 5.84. The largest absolute Gasteiger partial charge is 0.497 e. The summed E-state index contributed by atoms with van der Waals surface area (Å²) in [6.07, 6.45) is 0.992. The number of likely N-dealkylation sites (N-methyl/N-ethyl adjacent to an activating group) is 1. The minimum atomic E-state index is -3.82. The number of hydrogen-bond donors (Lipinski definition) is 1. The van der Waals surface area contributed by atoms with Crippen LogP contribution >= 0.6 is 0 Å². The summed E-state index contributed by atoms with van der Waals surface area (Å²) in [6.45, 7) is 1.02. The van der Waals surface area contributed by atoms with Crippen molar-refractivity contribution in [3.63, 3.8) is 0 Å². The topological polar surface area (TPSA) is 96.0 Å². The Bertz CT molecular complexity index is 1030. The molecule has 0 fully saturated rings. The Morgan fingerprint density at radius 3 is 2.35 bits per heavy atom. The number of halogens is 1. The molecule has 2 aromatic rings. The van der Waals surface area contributed by atoms with Gasteiger partial charge in [0.05, 0.1) is 19.1 Å². The molecule has 0 aromatic heterocycles. The Kier molecular flexibility index (Phi) is 7.98. The van der Waals surface area contributed by atoms with E-state index in [4.69, 9.17) is 4.74 Å². The zero-order valence-corrected chi connectivity index (χ0v) is 18.6. The molecule has 0 bridgehead atoms. The molecular weight excluding hydrogens is 425 g/mol. The molecule has 168 valence electrons. The lowest BCUT2D eigenvalue weighted by Crippen LogP contribution is -2.50. The second-order valence-corrected chi connectivity index (χ2v) is 8.82. The van der Waals surface area contributed by atoms with E-state index in [9.17, 15) is 22.4 Å². The predicted molar refractivity (Wildman–Crippen MR) is 116 cm³/mol. The second kappa shape index (κ2) is 10.3. The average molecular weight is 452 g/mol. The van der Waals surface area contributed by atoms with Crippen molar-refractivity contribution in [1.82, 2.24) is 10.2 Å². The third-order valence-electron chi connectivity index (χ3n) is 4.70. The standard InChI is InChI=1S/C21H26FN3O5S/c1-15(21(27)23-2)24(13-16-8-10-17(22)11-9-16)20(26)14-25(31(4,28)29)18-6-5-7-19(12-18)30-3/h5-12,15H,13-14H2,1-4H3,(H,23,27)/t15-/m1/s1. The first-order valence-corrected chi connectivity index (χ1v) is 11.3. The lowest BCUT2D eigenvalue weighted by molar-refractivity contribution is -0.139. The highest BCUT2D eigenvalue weighted by molar-refractivity contribution is 7.92. The van der Waals surface area contributed by atoms with Crippen LogP contribution in [0.2, 0.25) is 0 Å². The number of nitrogens with zero attached hydrogens (tertiary/aromatic N) is 2. The molecule has 0 heterocycles. The highest BCUT2D eigenvalue weighted by Gasteiger charge is 2.29. The molecular formula is C21H26FN3O5S. The number of ether oxygens (including phenoxy) is 1. The van der Waals surface area contributed by atoms with Gasteiger partial charge in [-0.05, 0) is 36.8 Å². The van der Waals surface area contributed by atoms with Gasteiger partial charge in [-0.15, -0.1) is 0 Å². The molecule has 31 heavy (non-hydrogen) atoms. The minimum Gasteiger partial charge on any atom is -0.497 e. The molecule has 2 rings (SSSR count). The van der Waals surface area contributed by atoms with Crippen molar-refractivity contribution in [2.75, 3.05) is 31.3 Å². The molecule has 10 heteroatoms. The fraction of sp³-hybridized carbons (Fsp3) is 0.333. The minimum absolute atomic E-state index is 0.00339. The number of carbonyl (C=O) groups is 2. The number of rotatable bonds is 9. The molecule has 0 saturated carbocycles. The normalized spacial score (nSPS) is 12.0. The maximum atomic E-state index is 13.2.